The summed E-state index contributed by atoms with van der Waals surface area (Å²) < 4.78 is 5.52. The molecule has 1 aromatic carbocycles. The van der Waals surface area contributed by atoms with Crippen molar-refractivity contribution in [1.82, 2.24) is 10.3 Å². The van der Waals surface area contributed by atoms with Gasteiger partial charge in [-0.05, 0) is 37.0 Å². The third kappa shape index (κ3) is 3.55. The van der Waals surface area contributed by atoms with E-state index in [9.17, 15) is 0 Å². The van der Waals surface area contributed by atoms with Gasteiger partial charge in [0.15, 0.2) is 5.96 Å². The Morgan fingerprint density at radius 3 is 3.24 bits per heavy atom. The average molecular weight is 286 g/mol. The first-order valence-electron chi connectivity index (χ1n) is 7.53. The molecule has 5 heteroatoms. The number of guanidine groups is 1. The van der Waals surface area contributed by atoms with Crippen LogP contribution in [0.15, 0.2) is 35.5 Å². The van der Waals surface area contributed by atoms with Crippen molar-refractivity contribution in [3.8, 4) is 0 Å². The molecule has 0 bridgehead atoms. The highest BCUT2D eigenvalue weighted by molar-refractivity contribution is 5.83. The second-order valence-electron chi connectivity index (χ2n) is 5.39. The number of ether oxygens (including phenoxy) is 1. The van der Waals surface area contributed by atoms with Crippen LogP contribution in [0, 0.1) is 0 Å². The van der Waals surface area contributed by atoms with Crippen LogP contribution >= 0.6 is 0 Å². The molecule has 5 nitrogen and oxygen atoms in total. The molecule has 112 valence electrons. The Labute approximate surface area is 124 Å². The van der Waals surface area contributed by atoms with Gasteiger partial charge in [-0.2, -0.15) is 0 Å². The third-order valence-corrected chi connectivity index (χ3v) is 3.87. The Balaban J connectivity index is 1.49. The minimum absolute atomic E-state index is 0.249. The summed E-state index contributed by atoms with van der Waals surface area (Å²) in [6.45, 7) is 2.30. The van der Waals surface area contributed by atoms with E-state index < -0.39 is 0 Å². The van der Waals surface area contributed by atoms with Crippen LogP contribution in [0.3, 0.4) is 0 Å². The molecule has 0 amide bonds. The fourth-order valence-electron chi connectivity index (χ4n) is 2.74. The lowest BCUT2D eigenvalue weighted by atomic mass is 10.1. The van der Waals surface area contributed by atoms with E-state index in [1.54, 1.807) is 0 Å². The number of rotatable bonds is 5. The Hall–Kier alpha value is -2.01. The van der Waals surface area contributed by atoms with Crippen LogP contribution in [-0.2, 0) is 11.2 Å². The summed E-state index contributed by atoms with van der Waals surface area (Å²) in [5.74, 6) is 0.506. The molecule has 2 aromatic rings. The second kappa shape index (κ2) is 6.63. The normalized spacial score (nSPS) is 19.2. The lowest BCUT2D eigenvalue weighted by Crippen LogP contribution is -2.34. The summed E-state index contributed by atoms with van der Waals surface area (Å²) in [6, 6.07) is 8.42. The molecule has 0 spiro atoms. The Morgan fingerprint density at radius 2 is 2.38 bits per heavy atom. The van der Waals surface area contributed by atoms with Crippen molar-refractivity contribution in [3.63, 3.8) is 0 Å². The molecule has 1 atom stereocenters. The molecule has 21 heavy (non-hydrogen) atoms. The number of fused-ring (bicyclic) bond motifs is 1. The van der Waals surface area contributed by atoms with Gasteiger partial charge in [0.25, 0.3) is 0 Å². The molecular weight excluding hydrogens is 264 g/mol. The molecule has 1 unspecified atom stereocenters. The van der Waals surface area contributed by atoms with Crippen LogP contribution < -0.4 is 11.1 Å². The molecule has 4 N–H and O–H groups in total. The van der Waals surface area contributed by atoms with Crippen molar-refractivity contribution in [1.29, 1.82) is 0 Å². The zero-order valence-electron chi connectivity index (χ0n) is 12.1. The van der Waals surface area contributed by atoms with E-state index in [0.29, 0.717) is 12.5 Å². The van der Waals surface area contributed by atoms with Crippen molar-refractivity contribution >= 4 is 16.9 Å². The van der Waals surface area contributed by atoms with Gasteiger partial charge in [0.05, 0.1) is 12.6 Å². The number of hydrogen-bond donors (Lipinski definition) is 3. The van der Waals surface area contributed by atoms with E-state index in [-0.39, 0.29) is 6.10 Å². The maximum Gasteiger partial charge on any atom is 0.188 e. The first-order chi connectivity index (χ1) is 10.3. The molecule has 1 aliphatic rings. The van der Waals surface area contributed by atoms with E-state index in [0.717, 1.165) is 32.4 Å². The molecule has 1 fully saturated rings. The smallest absolute Gasteiger partial charge is 0.188 e. The van der Waals surface area contributed by atoms with Crippen LogP contribution in [-0.4, -0.2) is 36.7 Å². The molecular formula is C16H22N4O. The lowest BCUT2D eigenvalue weighted by molar-refractivity contribution is 0.118. The standard InChI is InChI=1S/C16H22N4O/c17-16(20-11-13-4-2-10-21-13)19-8-6-12-3-1-5-15-14(12)7-9-18-15/h1,3,5,7,9,13,18H,2,4,6,8,10-11H2,(H3,17,19,20). The van der Waals surface area contributed by atoms with Crippen LogP contribution in [0.25, 0.3) is 10.9 Å². The third-order valence-electron chi connectivity index (χ3n) is 3.87. The second-order valence-corrected chi connectivity index (χ2v) is 5.39. The minimum atomic E-state index is 0.249. The number of aliphatic imine (C=N–C) groups is 1. The van der Waals surface area contributed by atoms with Gasteiger partial charge in [-0.3, -0.25) is 4.99 Å². The van der Waals surface area contributed by atoms with E-state index in [1.165, 1.54) is 16.5 Å². The topological polar surface area (TPSA) is 75.4 Å². The first kappa shape index (κ1) is 13.9. The lowest BCUT2D eigenvalue weighted by Gasteiger charge is -2.09. The quantitative estimate of drug-likeness (QED) is 0.579. The largest absolute Gasteiger partial charge is 0.376 e. The number of nitrogens with one attached hydrogen (secondary N) is 2. The number of nitrogens with zero attached hydrogens (tertiary/aromatic N) is 1. The minimum Gasteiger partial charge on any atom is -0.376 e. The van der Waals surface area contributed by atoms with Gasteiger partial charge >= 0.3 is 0 Å². The van der Waals surface area contributed by atoms with Crippen molar-refractivity contribution in [3.05, 3.63) is 36.0 Å². The Kier molecular flexibility index (Phi) is 4.40. The van der Waals surface area contributed by atoms with Crippen molar-refractivity contribution in [2.45, 2.75) is 25.4 Å². The summed E-state index contributed by atoms with van der Waals surface area (Å²) in [6.07, 6.45) is 5.36. The van der Waals surface area contributed by atoms with Crippen LogP contribution in [0.4, 0.5) is 0 Å². The zero-order chi connectivity index (χ0) is 14.5. The molecule has 2 heterocycles. The SMILES string of the molecule is NC(=NCC1CCCO1)NCCc1cccc2[nH]ccc12. The van der Waals surface area contributed by atoms with Gasteiger partial charge in [-0.25, -0.2) is 0 Å². The fraction of sp³-hybridized carbons (Fsp3) is 0.438. The summed E-state index contributed by atoms with van der Waals surface area (Å²) >= 11 is 0. The zero-order valence-corrected chi connectivity index (χ0v) is 12.1. The van der Waals surface area contributed by atoms with Gasteiger partial charge in [-0.1, -0.05) is 12.1 Å². The van der Waals surface area contributed by atoms with E-state index in [2.05, 4.69) is 39.6 Å². The number of aromatic nitrogens is 1. The number of nitrogens with two attached hydrogens (primary N) is 1. The Bertz CT molecular complexity index is 614. The number of hydrogen-bond acceptors (Lipinski definition) is 2. The molecule has 1 aliphatic heterocycles. The molecule has 1 aromatic heterocycles. The summed E-state index contributed by atoms with van der Waals surface area (Å²) in [4.78, 5) is 7.57. The Morgan fingerprint density at radius 1 is 1.43 bits per heavy atom. The number of benzene rings is 1. The van der Waals surface area contributed by atoms with Gasteiger partial charge in [-0.15, -0.1) is 0 Å². The fourth-order valence-corrected chi connectivity index (χ4v) is 2.74. The van der Waals surface area contributed by atoms with Crippen molar-refractivity contribution in [2.75, 3.05) is 19.7 Å². The van der Waals surface area contributed by atoms with E-state index >= 15 is 0 Å². The van der Waals surface area contributed by atoms with Crippen molar-refractivity contribution in [2.24, 2.45) is 10.7 Å². The van der Waals surface area contributed by atoms with E-state index in [4.69, 9.17) is 10.5 Å². The molecule has 3 rings (SSSR count). The summed E-state index contributed by atoms with van der Waals surface area (Å²) in [7, 11) is 0. The first-order valence-corrected chi connectivity index (χ1v) is 7.53. The maximum absolute atomic E-state index is 5.89. The summed E-state index contributed by atoms with van der Waals surface area (Å²) in [5, 5.41) is 4.45. The number of H-pyrrole nitrogens is 1. The molecule has 0 saturated carbocycles. The van der Waals surface area contributed by atoms with Gasteiger partial charge in [0.2, 0.25) is 0 Å². The molecule has 0 aliphatic carbocycles. The predicted octanol–water partition coefficient (Wildman–Crippen LogP) is 1.79. The van der Waals surface area contributed by atoms with Crippen molar-refractivity contribution < 1.29 is 4.74 Å². The van der Waals surface area contributed by atoms with Crippen LogP contribution in [0.5, 0.6) is 0 Å². The molecule has 0 radical (unpaired) electrons. The maximum atomic E-state index is 5.89. The highest BCUT2D eigenvalue weighted by Crippen LogP contribution is 2.17. The van der Waals surface area contributed by atoms with Gasteiger partial charge in [0.1, 0.15) is 0 Å². The monoisotopic (exact) mass is 286 g/mol. The van der Waals surface area contributed by atoms with Gasteiger partial charge < -0.3 is 20.8 Å². The predicted molar refractivity (Wildman–Crippen MR) is 85.5 cm³/mol. The van der Waals surface area contributed by atoms with Crippen LogP contribution in [0.1, 0.15) is 18.4 Å². The number of aromatic amines is 1. The summed E-state index contributed by atoms with van der Waals surface area (Å²) in [5.41, 5.74) is 8.37. The molecule has 1 saturated heterocycles. The van der Waals surface area contributed by atoms with E-state index in [1.807, 2.05) is 6.20 Å². The highest BCUT2D eigenvalue weighted by atomic mass is 16.5. The van der Waals surface area contributed by atoms with Crippen LogP contribution in [0.2, 0.25) is 0 Å². The van der Waals surface area contributed by atoms with Gasteiger partial charge in [0, 0.05) is 30.3 Å². The average Bonchev–Trinajstić information content (AvgIpc) is 3.16. The highest BCUT2D eigenvalue weighted by Gasteiger charge is 2.14.